The molecule has 0 bridgehead atoms. The van der Waals surface area contributed by atoms with Gasteiger partial charge in [0.1, 0.15) is 0 Å². The Morgan fingerprint density at radius 2 is 1.72 bits per heavy atom. The van der Waals surface area contributed by atoms with Crippen molar-refractivity contribution < 1.29 is 26.7 Å². The van der Waals surface area contributed by atoms with Gasteiger partial charge < -0.3 is 5.11 Å². The largest absolute Gasteiger partial charge is 0.416 e. The molecule has 25 heavy (non-hydrogen) atoms. The summed E-state index contributed by atoms with van der Waals surface area (Å²) in [4.78, 5) is -0.0873. The van der Waals surface area contributed by atoms with Gasteiger partial charge in [0, 0.05) is 9.86 Å². The molecule has 4 nitrogen and oxygen atoms in total. The fourth-order valence-electron chi connectivity index (χ4n) is 2.55. The lowest BCUT2D eigenvalue weighted by molar-refractivity contribution is -0.137. The predicted octanol–water partition coefficient (Wildman–Crippen LogP) is 4.15. The lowest BCUT2D eigenvalue weighted by Crippen LogP contribution is -2.16. The molecule has 0 aliphatic rings. The van der Waals surface area contributed by atoms with Crippen LogP contribution in [0.3, 0.4) is 0 Å². The Labute approximate surface area is 149 Å². The Bertz CT molecular complexity index is 1040. The first kappa shape index (κ1) is 18.0. The molecule has 0 aliphatic carbocycles. The van der Waals surface area contributed by atoms with Crippen LogP contribution in [0.25, 0.3) is 10.9 Å². The van der Waals surface area contributed by atoms with Crippen molar-refractivity contribution in [2.45, 2.75) is 17.7 Å². The quantitative estimate of drug-likeness (QED) is 0.674. The monoisotopic (exact) mass is 433 g/mol. The van der Waals surface area contributed by atoms with Crippen LogP contribution in [0.4, 0.5) is 13.2 Å². The van der Waals surface area contributed by atoms with E-state index in [2.05, 4.69) is 15.9 Å². The minimum Gasteiger partial charge on any atom is -0.390 e. The zero-order valence-electron chi connectivity index (χ0n) is 12.5. The smallest absolute Gasteiger partial charge is 0.390 e. The number of rotatable bonds is 3. The molecular formula is C16H11BrF3NO3S. The van der Waals surface area contributed by atoms with E-state index < -0.39 is 28.4 Å². The molecule has 0 unspecified atom stereocenters. The molecule has 0 fully saturated rings. The van der Waals surface area contributed by atoms with Gasteiger partial charge >= 0.3 is 6.18 Å². The van der Waals surface area contributed by atoms with Crippen molar-refractivity contribution in [2.75, 3.05) is 0 Å². The second-order valence-electron chi connectivity index (χ2n) is 5.26. The second-order valence-corrected chi connectivity index (χ2v) is 7.91. The SMILES string of the molecule is O=S(=O)(c1ccccc1)n1c(CO)cc2c(Br)cc(C(F)(F)F)cc21. The summed E-state index contributed by atoms with van der Waals surface area (Å²) in [5.74, 6) is 0. The number of hydrogen-bond donors (Lipinski definition) is 1. The molecule has 1 heterocycles. The third kappa shape index (κ3) is 3.07. The molecule has 0 amide bonds. The van der Waals surface area contributed by atoms with Crippen molar-refractivity contribution in [1.82, 2.24) is 3.97 Å². The van der Waals surface area contributed by atoms with E-state index in [1.54, 1.807) is 6.07 Å². The minimum atomic E-state index is -4.64. The van der Waals surface area contributed by atoms with Crippen molar-refractivity contribution >= 4 is 36.9 Å². The van der Waals surface area contributed by atoms with Gasteiger partial charge in [-0.1, -0.05) is 34.1 Å². The number of aromatic nitrogens is 1. The van der Waals surface area contributed by atoms with Crippen LogP contribution in [0.2, 0.25) is 0 Å². The highest BCUT2D eigenvalue weighted by Crippen LogP contribution is 2.37. The van der Waals surface area contributed by atoms with E-state index in [0.717, 1.165) is 16.1 Å². The number of nitrogens with zero attached hydrogens (tertiary/aromatic N) is 1. The molecule has 0 saturated heterocycles. The summed E-state index contributed by atoms with van der Waals surface area (Å²) < 4.78 is 66.0. The Hall–Kier alpha value is -1.84. The van der Waals surface area contributed by atoms with Gasteiger partial charge in [-0.25, -0.2) is 12.4 Å². The number of alkyl halides is 3. The molecular weight excluding hydrogens is 423 g/mol. The highest BCUT2D eigenvalue weighted by molar-refractivity contribution is 9.10. The van der Waals surface area contributed by atoms with E-state index in [1.165, 1.54) is 30.3 Å². The molecule has 3 aromatic rings. The maximum Gasteiger partial charge on any atom is 0.416 e. The van der Waals surface area contributed by atoms with Gasteiger partial charge in [-0.2, -0.15) is 13.2 Å². The van der Waals surface area contributed by atoms with Crippen LogP contribution in [0.5, 0.6) is 0 Å². The Kier molecular flexibility index (Phi) is 4.42. The Morgan fingerprint density at radius 3 is 2.28 bits per heavy atom. The van der Waals surface area contributed by atoms with Gasteiger partial charge in [0.25, 0.3) is 10.0 Å². The lowest BCUT2D eigenvalue weighted by Gasteiger charge is -2.13. The fourth-order valence-corrected chi connectivity index (χ4v) is 4.65. The van der Waals surface area contributed by atoms with Crippen LogP contribution in [0, 0.1) is 0 Å². The third-order valence-electron chi connectivity index (χ3n) is 3.67. The zero-order chi connectivity index (χ0) is 18.4. The number of aliphatic hydroxyl groups excluding tert-OH is 1. The summed E-state index contributed by atoms with van der Waals surface area (Å²) in [6.07, 6.45) is -4.64. The molecule has 3 rings (SSSR count). The van der Waals surface area contributed by atoms with Crippen molar-refractivity contribution in [3.63, 3.8) is 0 Å². The molecule has 9 heteroatoms. The molecule has 1 aromatic heterocycles. The topological polar surface area (TPSA) is 59.3 Å². The maximum atomic E-state index is 13.1. The van der Waals surface area contributed by atoms with Crippen LogP contribution in [-0.4, -0.2) is 17.5 Å². The van der Waals surface area contributed by atoms with E-state index >= 15 is 0 Å². The number of fused-ring (bicyclic) bond motifs is 1. The molecule has 1 N–H and O–H groups in total. The maximum absolute atomic E-state index is 13.1. The molecule has 132 valence electrons. The van der Waals surface area contributed by atoms with Crippen molar-refractivity contribution in [3.8, 4) is 0 Å². The number of halogens is 4. The molecule has 0 radical (unpaired) electrons. The van der Waals surface area contributed by atoms with Crippen molar-refractivity contribution in [1.29, 1.82) is 0 Å². The highest BCUT2D eigenvalue weighted by Gasteiger charge is 2.33. The van der Waals surface area contributed by atoms with Crippen LogP contribution < -0.4 is 0 Å². The first-order valence-corrected chi connectivity index (χ1v) is 9.22. The average Bonchev–Trinajstić information content (AvgIpc) is 2.95. The zero-order valence-corrected chi connectivity index (χ0v) is 14.9. The summed E-state index contributed by atoms with van der Waals surface area (Å²) in [5, 5.41) is 9.79. The Balaban J connectivity index is 2.40. The highest BCUT2D eigenvalue weighted by atomic mass is 79.9. The third-order valence-corrected chi connectivity index (χ3v) is 6.10. The first-order valence-electron chi connectivity index (χ1n) is 6.99. The number of aliphatic hydroxyl groups is 1. The van der Waals surface area contributed by atoms with Gasteiger partial charge in [0.15, 0.2) is 0 Å². The van der Waals surface area contributed by atoms with Crippen LogP contribution in [0.1, 0.15) is 11.3 Å². The molecule has 0 saturated carbocycles. The molecule has 0 spiro atoms. The normalized spacial score (nSPS) is 12.7. The van der Waals surface area contributed by atoms with E-state index in [9.17, 15) is 26.7 Å². The van der Waals surface area contributed by atoms with E-state index in [1.807, 2.05) is 0 Å². The summed E-state index contributed by atoms with van der Waals surface area (Å²) >= 11 is 3.05. The van der Waals surface area contributed by atoms with Gasteiger partial charge in [-0.3, -0.25) is 0 Å². The van der Waals surface area contributed by atoms with Gasteiger partial charge in [0.05, 0.1) is 28.3 Å². The van der Waals surface area contributed by atoms with E-state index in [-0.39, 0.29) is 26.0 Å². The number of hydrogen-bond acceptors (Lipinski definition) is 3. The minimum absolute atomic E-state index is 0.0288. The van der Waals surface area contributed by atoms with Crippen molar-refractivity contribution in [2.24, 2.45) is 0 Å². The van der Waals surface area contributed by atoms with Crippen LogP contribution >= 0.6 is 15.9 Å². The number of benzene rings is 2. The Morgan fingerprint density at radius 1 is 1.08 bits per heavy atom. The first-order chi connectivity index (χ1) is 11.7. The van der Waals surface area contributed by atoms with E-state index in [0.29, 0.717) is 0 Å². The van der Waals surface area contributed by atoms with E-state index in [4.69, 9.17) is 0 Å². The average molecular weight is 434 g/mol. The molecule has 2 aromatic carbocycles. The fraction of sp³-hybridized carbons (Fsp3) is 0.125. The lowest BCUT2D eigenvalue weighted by atomic mass is 10.1. The predicted molar refractivity (Wildman–Crippen MR) is 89.6 cm³/mol. The second kappa shape index (κ2) is 6.15. The summed E-state index contributed by atoms with van der Waals surface area (Å²) in [7, 11) is -4.18. The van der Waals surface area contributed by atoms with Gasteiger partial charge in [-0.15, -0.1) is 0 Å². The summed E-state index contributed by atoms with van der Waals surface area (Å²) in [6, 6.07) is 10.3. The van der Waals surface area contributed by atoms with Crippen molar-refractivity contribution in [3.05, 3.63) is 64.3 Å². The standard InChI is InChI=1S/C16H11BrF3NO3S/c17-14-6-10(16(18,19)20)7-15-13(14)8-11(9-22)21(15)25(23,24)12-4-2-1-3-5-12/h1-8,22H,9H2. The molecule has 0 atom stereocenters. The van der Waals surface area contributed by atoms with Crippen LogP contribution in [-0.2, 0) is 22.8 Å². The van der Waals surface area contributed by atoms with Crippen LogP contribution in [0.15, 0.2) is 57.9 Å². The summed E-state index contributed by atoms with van der Waals surface area (Å²) in [6.45, 7) is -0.644. The molecule has 0 aliphatic heterocycles. The van der Waals surface area contributed by atoms with Gasteiger partial charge in [-0.05, 0) is 30.3 Å². The van der Waals surface area contributed by atoms with Gasteiger partial charge in [0.2, 0.25) is 0 Å². The summed E-state index contributed by atoms with van der Waals surface area (Å²) in [5.41, 5.74) is -1.17.